The van der Waals surface area contributed by atoms with Gasteiger partial charge in [0.05, 0.1) is 34.7 Å². The molecule has 0 amide bonds. The van der Waals surface area contributed by atoms with E-state index in [0.29, 0.717) is 36.5 Å². The van der Waals surface area contributed by atoms with E-state index in [4.69, 9.17) is 9.47 Å². The predicted molar refractivity (Wildman–Crippen MR) is 142 cm³/mol. The van der Waals surface area contributed by atoms with Crippen molar-refractivity contribution in [1.29, 1.82) is 0 Å². The van der Waals surface area contributed by atoms with Crippen LogP contribution in [0.5, 0.6) is 11.5 Å². The van der Waals surface area contributed by atoms with Crippen molar-refractivity contribution >= 4 is 54.9 Å². The smallest absolute Gasteiger partial charge is 0.342 e. The zero-order chi connectivity index (χ0) is 26.7. The Morgan fingerprint density at radius 2 is 1.84 bits per heavy atom. The van der Waals surface area contributed by atoms with Crippen molar-refractivity contribution in [3.8, 4) is 11.5 Å². The summed E-state index contributed by atoms with van der Waals surface area (Å²) in [6.45, 7) is 0.766. The summed E-state index contributed by atoms with van der Waals surface area (Å²) < 4.78 is 13.2. The van der Waals surface area contributed by atoms with Gasteiger partial charge in [0.15, 0.2) is 17.1 Å². The number of fused-ring (bicyclic) bond motifs is 6. The fourth-order valence-corrected chi connectivity index (χ4v) is 6.21. The lowest BCUT2D eigenvalue weighted by atomic mass is 9.98. The molecule has 11 nitrogen and oxygen atoms in total. The van der Waals surface area contributed by atoms with Gasteiger partial charge in [-0.25, -0.2) is 9.78 Å². The van der Waals surface area contributed by atoms with Crippen LogP contribution in [0.2, 0.25) is 0 Å². The Balaban J connectivity index is 1.63. The molecule has 0 atom stereocenters. The number of thiazole rings is 1. The number of carbonyl (C=O) groups is 1. The van der Waals surface area contributed by atoms with E-state index >= 15 is 0 Å². The second-order valence-corrected chi connectivity index (χ2v) is 9.86. The monoisotopic (exact) mass is 532 g/mol. The van der Waals surface area contributed by atoms with Crippen LogP contribution >= 0.6 is 11.3 Å². The number of carboxylic acid groups (broad SMARTS) is 1. The van der Waals surface area contributed by atoms with Crippen LogP contribution in [0.25, 0.3) is 26.1 Å². The minimum Gasteiger partial charge on any atom is -0.493 e. The zero-order valence-corrected chi connectivity index (χ0v) is 21.1. The molecule has 192 valence electrons. The number of aromatic nitrogens is 2. The van der Waals surface area contributed by atoms with Gasteiger partial charge in [-0.2, -0.15) is 0 Å². The van der Waals surface area contributed by atoms with Gasteiger partial charge < -0.3 is 19.5 Å². The lowest BCUT2D eigenvalue weighted by Gasteiger charge is -2.30. The largest absolute Gasteiger partial charge is 0.493 e. The Hall–Kier alpha value is -4.71. The Bertz CT molecular complexity index is 1880. The SMILES string of the molecule is COc1cc2c(cc1OC)CN(c1nc3c(cc1[N+](=O)[O-])c(=O)c(C(=O)O)c1sc4ccccc4n13)CC2. The second-order valence-electron chi connectivity index (χ2n) is 8.83. The molecule has 0 aliphatic carbocycles. The number of rotatable bonds is 5. The van der Waals surface area contributed by atoms with Crippen LogP contribution in [0.3, 0.4) is 0 Å². The molecule has 3 aromatic heterocycles. The van der Waals surface area contributed by atoms with Crippen molar-refractivity contribution < 1.29 is 24.3 Å². The summed E-state index contributed by atoms with van der Waals surface area (Å²) in [5.41, 5.74) is 1.18. The number of benzene rings is 2. The second kappa shape index (κ2) is 8.70. The summed E-state index contributed by atoms with van der Waals surface area (Å²) in [4.78, 5) is 43.7. The van der Waals surface area contributed by atoms with Crippen molar-refractivity contribution in [2.24, 2.45) is 0 Å². The number of ether oxygens (including phenoxy) is 2. The first-order valence-corrected chi connectivity index (χ1v) is 12.4. The molecule has 38 heavy (non-hydrogen) atoms. The van der Waals surface area contributed by atoms with E-state index in [1.807, 2.05) is 24.3 Å². The van der Waals surface area contributed by atoms with Crippen molar-refractivity contribution in [3.05, 3.63) is 79.5 Å². The van der Waals surface area contributed by atoms with Gasteiger partial charge in [-0.15, -0.1) is 11.3 Å². The molecule has 0 spiro atoms. The molecule has 0 radical (unpaired) electrons. The van der Waals surface area contributed by atoms with E-state index < -0.39 is 21.9 Å². The van der Waals surface area contributed by atoms with Crippen LogP contribution in [0.4, 0.5) is 11.5 Å². The van der Waals surface area contributed by atoms with E-state index in [9.17, 15) is 24.8 Å². The molecular weight excluding hydrogens is 512 g/mol. The number of methoxy groups -OCH3 is 2. The molecular formula is C26H20N4O7S. The standard InChI is InChI=1S/C26H20N4O7S/c1-36-18-9-13-7-8-28(12-14(13)10-19(18)37-2)24-17(30(34)35)11-15-22(31)21(26(32)33)25-29(23(15)27-24)16-5-3-4-6-20(16)38-25/h3-6,9-11H,7-8,12H2,1-2H3,(H,32,33). The summed E-state index contributed by atoms with van der Waals surface area (Å²) in [5, 5.41) is 21.9. The van der Waals surface area contributed by atoms with E-state index in [2.05, 4.69) is 4.98 Å². The topological polar surface area (TPSA) is 137 Å². The maximum absolute atomic E-state index is 13.3. The number of aromatic carboxylic acids is 1. The summed E-state index contributed by atoms with van der Waals surface area (Å²) in [5.74, 6) is -0.137. The maximum atomic E-state index is 13.3. The number of anilines is 1. The predicted octanol–water partition coefficient (Wildman–Crippen LogP) is 4.25. The molecule has 0 bridgehead atoms. The lowest BCUT2D eigenvalue weighted by Crippen LogP contribution is -2.32. The molecule has 1 aliphatic rings. The molecule has 5 aromatic rings. The highest BCUT2D eigenvalue weighted by molar-refractivity contribution is 7.24. The van der Waals surface area contributed by atoms with Crippen LogP contribution in [-0.4, -0.2) is 46.1 Å². The minimum absolute atomic E-state index is 0.106. The summed E-state index contributed by atoms with van der Waals surface area (Å²) in [7, 11) is 3.11. The Morgan fingerprint density at radius 3 is 2.53 bits per heavy atom. The third-order valence-electron chi connectivity index (χ3n) is 6.80. The van der Waals surface area contributed by atoms with Crippen LogP contribution in [0.1, 0.15) is 21.5 Å². The summed E-state index contributed by atoms with van der Waals surface area (Å²) in [6, 6.07) is 12.1. The van der Waals surface area contributed by atoms with Gasteiger partial charge in [-0.05, 0) is 41.8 Å². The molecule has 0 unspecified atom stereocenters. The van der Waals surface area contributed by atoms with E-state index in [-0.39, 0.29) is 27.4 Å². The van der Waals surface area contributed by atoms with Crippen LogP contribution in [0.15, 0.2) is 47.3 Å². The molecule has 0 saturated carbocycles. The summed E-state index contributed by atoms with van der Waals surface area (Å²) >= 11 is 1.16. The first-order chi connectivity index (χ1) is 18.3. The van der Waals surface area contributed by atoms with Gasteiger partial charge in [0.2, 0.25) is 11.2 Å². The molecule has 4 heterocycles. The average Bonchev–Trinajstić information content (AvgIpc) is 3.30. The zero-order valence-electron chi connectivity index (χ0n) is 20.3. The van der Waals surface area contributed by atoms with E-state index in [1.54, 1.807) is 35.7 Å². The molecule has 1 aliphatic heterocycles. The fourth-order valence-electron chi connectivity index (χ4n) is 5.03. The molecule has 12 heteroatoms. The highest BCUT2D eigenvalue weighted by atomic mass is 32.1. The molecule has 0 fully saturated rings. The first-order valence-electron chi connectivity index (χ1n) is 11.6. The van der Waals surface area contributed by atoms with Crippen molar-refractivity contribution in [1.82, 2.24) is 9.38 Å². The third-order valence-corrected chi connectivity index (χ3v) is 7.95. The lowest BCUT2D eigenvalue weighted by molar-refractivity contribution is -0.384. The number of hydrogen-bond acceptors (Lipinski definition) is 9. The molecule has 2 aromatic carbocycles. The minimum atomic E-state index is -1.40. The highest BCUT2D eigenvalue weighted by Crippen LogP contribution is 2.38. The normalized spacial score (nSPS) is 13.2. The van der Waals surface area contributed by atoms with Gasteiger partial charge in [0.25, 0.3) is 0 Å². The Labute approximate surface area is 218 Å². The average molecular weight is 533 g/mol. The van der Waals surface area contributed by atoms with Gasteiger partial charge in [0, 0.05) is 19.2 Å². The Morgan fingerprint density at radius 1 is 1.13 bits per heavy atom. The number of nitro groups is 1. The van der Waals surface area contributed by atoms with Gasteiger partial charge >= 0.3 is 11.7 Å². The van der Waals surface area contributed by atoms with E-state index in [1.165, 1.54) is 0 Å². The molecule has 1 N–H and O–H groups in total. The van der Waals surface area contributed by atoms with Crippen molar-refractivity contribution in [2.45, 2.75) is 13.0 Å². The number of para-hydroxylation sites is 1. The first kappa shape index (κ1) is 23.7. The molecule has 0 saturated heterocycles. The number of pyridine rings is 2. The van der Waals surface area contributed by atoms with Gasteiger partial charge in [-0.1, -0.05) is 12.1 Å². The number of carboxylic acids is 1. The van der Waals surface area contributed by atoms with Crippen LogP contribution in [0, 0.1) is 10.1 Å². The highest BCUT2D eigenvalue weighted by Gasteiger charge is 2.30. The Kier molecular flexibility index (Phi) is 5.42. The van der Waals surface area contributed by atoms with E-state index in [0.717, 1.165) is 33.2 Å². The van der Waals surface area contributed by atoms with Gasteiger partial charge in [0.1, 0.15) is 10.4 Å². The molecule has 6 rings (SSSR count). The van der Waals surface area contributed by atoms with Gasteiger partial charge in [-0.3, -0.25) is 19.3 Å². The number of nitrogens with zero attached hydrogens (tertiary/aromatic N) is 4. The number of hydrogen-bond donors (Lipinski definition) is 1. The maximum Gasteiger partial charge on any atom is 0.342 e. The summed E-state index contributed by atoms with van der Waals surface area (Å²) in [6.07, 6.45) is 0.585. The van der Waals surface area contributed by atoms with Crippen LogP contribution in [-0.2, 0) is 13.0 Å². The quantitative estimate of drug-likeness (QED) is 0.260. The van der Waals surface area contributed by atoms with Crippen LogP contribution < -0.4 is 19.8 Å². The van der Waals surface area contributed by atoms with Crippen molar-refractivity contribution in [3.63, 3.8) is 0 Å². The third kappa shape index (κ3) is 3.44. The van der Waals surface area contributed by atoms with Crippen molar-refractivity contribution in [2.75, 3.05) is 25.7 Å². The fraction of sp³-hybridized carbons (Fsp3) is 0.192.